The molecule has 0 heterocycles. The highest BCUT2D eigenvalue weighted by molar-refractivity contribution is 5.38. The highest BCUT2D eigenvalue weighted by atomic mass is 14.8. The normalized spacial score (nSPS) is 36.3. The van der Waals surface area contributed by atoms with Crippen LogP contribution < -0.4 is 5.73 Å². The average molecular weight is 201 g/mol. The van der Waals surface area contributed by atoms with Gasteiger partial charge < -0.3 is 5.73 Å². The van der Waals surface area contributed by atoms with E-state index in [1.54, 1.807) is 11.1 Å². The zero-order valence-electron chi connectivity index (χ0n) is 9.53. The summed E-state index contributed by atoms with van der Waals surface area (Å²) in [5, 5.41) is 0. The summed E-state index contributed by atoms with van der Waals surface area (Å²) < 4.78 is 0. The van der Waals surface area contributed by atoms with Gasteiger partial charge in [0.05, 0.1) is 0 Å². The molecular formula is C14H19N. The second kappa shape index (κ2) is 2.85. The van der Waals surface area contributed by atoms with Gasteiger partial charge in [0.15, 0.2) is 0 Å². The van der Waals surface area contributed by atoms with E-state index in [0.717, 1.165) is 5.92 Å². The van der Waals surface area contributed by atoms with Crippen LogP contribution in [0.4, 0.5) is 0 Å². The van der Waals surface area contributed by atoms with Crippen LogP contribution in [0.15, 0.2) is 24.3 Å². The number of hydrogen-bond acceptors (Lipinski definition) is 1. The largest absolute Gasteiger partial charge is 0.327 e. The van der Waals surface area contributed by atoms with E-state index in [0.29, 0.717) is 17.4 Å². The van der Waals surface area contributed by atoms with Gasteiger partial charge in [-0.15, -0.1) is 0 Å². The fraction of sp³-hybridized carbons (Fsp3) is 0.571. The molecule has 0 bridgehead atoms. The SMILES string of the molecule is CC1(C)C(N)C1C1CCc2ccccc21. The summed E-state index contributed by atoms with van der Waals surface area (Å²) in [7, 11) is 0. The molecule has 1 saturated carbocycles. The van der Waals surface area contributed by atoms with Crippen LogP contribution in [0, 0.1) is 11.3 Å². The molecule has 0 saturated heterocycles. The van der Waals surface area contributed by atoms with Crippen LogP contribution in [0.1, 0.15) is 37.3 Å². The van der Waals surface area contributed by atoms with Crippen LogP contribution in [-0.2, 0) is 6.42 Å². The Bertz CT molecular complexity index is 394. The van der Waals surface area contributed by atoms with Crippen molar-refractivity contribution in [3.63, 3.8) is 0 Å². The predicted molar refractivity (Wildman–Crippen MR) is 62.8 cm³/mol. The van der Waals surface area contributed by atoms with Gasteiger partial charge in [0.25, 0.3) is 0 Å². The first kappa shape index (κ1) is 9.41. The Labute approximate surface area is 91.7 Å². The summed E-state index contributed by atoms with van der Waals surface area (Å²) in [6, 6.07) is 9.30. The van der Waals surface area contributed by atoms with Gasteiger partial charge in [-0.1, -0.05) is 38.1 Å². The minimum absolute atomic E-state index is 0.363. The third kappa shape index (κ3) is 1.19. The van der Waals surface area contributed by atoms with Gasteiger partial charge in [-0.3, -0.25) is 0 Å². The third-order valence-corrected chi connectivity index (χ3v) is 4.61. The first-order chi connectivity index (χ1) is 7.12. The van der Waals surface area contributed by atoms with Crippen LogP contribution in [0.25, 0.3) is 0 Å². The standard InChI is InChI=1S/C14H19N/c1-14(2)12(13(14)15)11-8-7-9-5-3-4-6-10(9)11/h3-6,11-13H,7-8,15H2,1-2H3. The minimum Gasteiger partial charge on any atom is -0.327 e. The summed E-state index contributed by atoms with van der Waals surface area (Å²) in [6.07, 6.45) is 2.56. The van der Waals surface area contributed by atoms with E-state index >= 15 is 0 Å². The lowest BCUT2D eigenvalue weighted by molar-refractivity contribution is 0.479. The zero-order valence-corrected chi connectivity index (χ0v) is 9.53. The molecule has 0 amide bonds. The van der Waals surface area contributed by atoms with E-state index in [4.69, 9.17) is 5.73 Å². The van der Waals surface area contributed by atoms with E-state index in [-0.39, 0.29) is 0 Å². The van der Waals surface area contributed by atoms with Crippen molar-refractivity contribution in [2.45, 2.75) is 38.6 Å². The van der Waals surface area contributed by atoms with Crippen molar-refractivity contribution in [1.29, 1.82) is 0 Å². The molecule has 15 heavy (non-hydrogen) atoms. The van der Waals surface area contributed by atoms with Crippen molar-refractivity contribution in [3.8, 4) is 0 Å². The van der Waals surface area contributed by atoms with Crippen molar-refractivity contribution in [2.24, 2.45) is 17.1 Å². The van der Waals surface area contributed by atoms with Crippen LogP contribution in [0.5, 0.6) is 0 Å². The molecular weight excluding hydrogens is 182 g/mol. The quantitative estimate of drug-likeness (QED) is 0.742. The molecule has 80 valence electrons. The molecule has 2 N–H and O–H groups in total. The summed E-state index contributed by atoms with van der Waals surface area (Å²) in [5.41, 5.74) is 9.67. The van der Waals surface area contributed by atoms with Crippen molar-refractivity contribution >= 4 is 0 Å². The molecule has 1 nitrogen and oxygen atoms in total. The second-order valence-corrected chi connectivity index (χ2v) is 5.72. The number of benzene rings is 1. The Morgan fingerprint density at radius 1 is 1.27 bits per heavy atom. The second-order valence-electron chi connectivity index (χ2n) is 5.72. The summed E-state index contributed by atoms with van der Waals surface area (Å²) in [4.78, 5) is 0. The number of aryl methyl sites for hydroxylation is 1. The van der Waals surface area contributed by atoms with Gasteiger partial charge in [0.2, 0.25) is 0 Å². The van der Waals surface area contributed by atoms with E-state index in [1.165, 1.54) is 12.8 Å². The number of nitrogens with two attached hydrogens (primary N) is 1. The molecule has 2 aliphatic rings. The summed E-state index contributed by atoms with van der Waals surface area (Å²) in [6.45, 7) is 4.62. The molecule has 3 rings (SSSR count). The van der Waals surface area contributed by atoms with Crippen LogP contribution in [0.3, 0.4) is 0 Å². The highest BCUT2D eigenvalue weighted by Gasteiger charge is 2.59. The van der Waals surface area contributed by atoms with Crippen molar-refractivity contribution in [2.75, 3.05) is 0 Å². The maximum absolute atomic E-state index is 6.18. The lowest BCUT2D eigenvalue weighted by atomic mass is 9.92. The van der Waals surface area contributed by atoms with Gasteiger partial charge >= 0.3 is 0 Å². The van der Waals surface area contributed by atoms with Crippen molar-refractivity contribution < 1.29 is 0 Å². The molecule has 3 atom stereocenters. The topological polar surface area (TPSA) is 26.0 Å². The Balaban J connectivity index is 1.93. The number of fused-ring (bicyclic) bond motifs is 1. The van der Waals surface area contributed by atoms with Gasteiger partial charge in [-0.05, 0) is 41.2 Å². The lowest BCUT2D eigenvalue weighted by Gasteiger charge is -2.12. The van der Waals surface area contributed by atoms with E-state index in [2.05, 4.69) is 38.1 Å². The van der Waals surface area contributed by atoms with Crippen LogP contribution >= 0.6 is 0 Å². The van der Waals surface area contributed by atoms with Gasteiger partial charge in [-0.2, -0.15) is 0 Å². The average Bonchev–Trinajstić information content (AvgIpc) is 2.63. The molecule has 0 aromatic heterocycles. The van der Waals surface area contributed by atoms with E-state index in [9.17, 15) is 0 Å². The number of rotatable bonds is 1. The maximum Gasteiger partial charge on any atom is 0.0134 e. The predicted octanol–water partition coefficient (Wildman–Crippen LogP) is 2.70. The van der Waals surface area contributed by atoms with E-state index < -0.39 is 0 Å². The Hall–Kier alpha value is -0.820. The first-order valence-corrected chi connectivity index (χ1v) is 5.96. The van der Waals surface area contributed by atoms with E-state index in [1.807, 2.05) is 0 Å². The van der Waals surface area contributed by atoms with Crippen LogP contribution in [-0.4, -0.2) is 6.04 Å². The van der Waals surface area contributed by atoms with Crippen molar-refractivity contribution in [3.05, 3.63) is 35.4 Å². The molecule has 2 aliphatic carbocycles. The van der Waals surface area contributed by atoms with Crippen LogP contribution in [0.2, 0.25) is 0 Å². The fourth-order valence-electron chi connectivity index (χ4n) is 3.45. The maximum atomic E-state index is 6.18. The minimum atomic E-state index is 0.363. The zero-order chi connectivity index (χ0) is 10.6. The Morgan fingerprint density at radius 2 is 1.93 bits per heavy atom. The summed E-state index contributed by atoms with van der Waals surface area (Å²) >= 11 is 0. The fourth-order valence-corrected chi connectivity index (χ4v) is 3.45. The molecule has 0 spiro atoms. The van der Waals surface area contributed by atoms with Gasteiger partial charge in [-0.25, -0.2) is 0 Å². The molecule has 0 radical (unpaired) electrons. The first-order valence-electron chi connectivity index (χ1n) is 5.96. The molecule has 0 aliphatic heterocycles. The summed E-state index contributed by atoms with van der Waals surface area (Å²) in [5.74, 6) is 1.44. The molecule has 1 aromatic rings. The van der Waals surface area contributed by atoms with Gasteiger partial charge in [0.1, 0.15) is 0 Å². The molecule has 1 aromatic carbocycles. The molecule has 1 fully saturated rings. The lowest BCUT2D eigenvalue weighted by Crippen LogP contribution is -2.08. The smallest absolute Gasteiger partial charge is 0.0134 e. The van der Waals surface area contributed by atoms with Gasteiger partial charge in [0, 0.05) is 6.04 Å². The Morgan fingerprint density at radius 3 is 2.60 bits per heavy atom. The Kier molecular flexibility index (Phi) is 1.79. The number of hydrogen-bond donors (Lipinski definition) is 1. The molecule has 3 unspecified atom stereocenters. The third-order valence-electron chi connectivity index (χ3n) is 4.61. The molecule has 1 heteroatoms. The van der Waals surface area contributed by atoms with Crippen molar-refractivity contribution in [1.82, 2.24) is 0 Å². The monoisotopic (exact) mass is 201 g/mol. The highest BCUT2D eigenvalue weighted by Crippen LogP contribution is 2.60.